The van der Waals surface area contributed by atoms with Gasteiger partial charge in [0.25, 0.3) is 5.91 Å². The summed E-state index contributed by atoms with van der Waals surface area (Å²) in [5.74, 6) is -0.165. The van der Waals surface area contributed by atoms with Gasteiger partial charge in [0.15, 0.2) is 0 Å². The molecule has 0 aliphatic heterocycles. The van der Waals surface area contributed by atoms with Crippen LogP contribution in [0.3, 0.4) is 0 Å². The predicted octanol–water partition coefficient (Wildman–Crippen LogP) is 4.62. The summed E-state index contributed by atoms with van der Waals surface area (Å²) in [6.07, 6.45) is 1.54. The molecule has 3 rings (SSSR count). The third kappa shape index (κ3) is 5.15. The molecule has 0 unspecified atom stereocenters. The van der Waals surface area contributed by atoms with E-state index in [0.29, 0.717) is 16.4 Å². The number of anilines is 1. The standard InChI is InChI=1S/C21H20ClN3O/c1-25(14-16-6-3-2-4-7-16)15-17-8-5-9-18(12-17)21(26)24-19-10-11-20(22)23-13-19/h2-13H,14-15H2,1H3,(H,24,26). The molecule has 1 N–H and O–H groups in total. The number of nitrogens with one attached hydrogen (secondary N) is 1. The third-order valence-corrected chi connectivity index (χ3v) is 4.15. The summed E-state index contributed by atoms with van der Waals surface area (Å²) in [5.41, 5.74) is 3.58. The lowest BCUT2D eigenvalue weighted by Gasteiger charge is -2.17. The Kier molecular flexibility index (Phi) is 6.00. The largest absolute Gasteiger partial charge is 0.321 e. The maximum Gasteiger partial charge on any atom is 0.255 e. The van der Waals surface area contributed by atoms with Crippen molar-refractivity contribution in [1.82, 2.24) is 9.88 Å². The summed E-state index contributed by atoms with van der Waals surface area (Å²) in [4.78, 5) is 18.6. The summed E-state index contributed by atoms with van der Waals surface area (Å²) in [7, 11) is 2.07. The van der Waals surface area contributed by atoms with Gasteiger partial charge in [0.2, 0.25) is 0 Å². The Balaban J connectivity index is 1.63. The normalized spacial score (nSPS) is 10.7. The van der Waals surface area contributed by atoms with Gasteiger partial charge in [0.05, 0.1) is 11.9 Å². The zero-order chi connectivity index (χ0) is 18.4. The monoisotopic (exact) mass is 365 g/mol. The van der Waals surface area contributed by atoms with Crippen molar-refractivity contribution in [1.29, 1.82) is 0 Å². The van der Waals surface area contributed by atoms with Crippen LogP contribution in [0.5, 0.6) is 0 Å². The fraction of sp³-hybridized carbons (Fsp3) is 0.143. The van der Waals surface area contributed by atoms with E-state index >= 15 is 0 Å². The Bertz CT molecular complexity index is 866. The van der Waals surface area contributed by atoms with Crippen LogP contribution in [-0.2, 0) is 13.1 Å². The van der Waals surface area contributed by atoms with E-state index in [4.69, 9.17) is 11.6 Å². The molecular weight excluding hydrogens is 346 g/mol. The van der Waals surface area contributed by atoms with Crippen LogP contribution in [0.4, 0.5) is 5.69 Å². The minimum absolute atomic E-state index is 0.165. The Morgan fingerprint density at radius 2 is 1.73 bits per heavy atom. The summed E-state index contributed by atoms with van der Waals surface area (Å²) in [6.45, 7) is 1.62. The molecule has 0 radical (unpaired) electrons. The number of rotatable bonds is 6. The van der Waals surface area contributed by atoms with Crippen molar-refractivity contribution in [2.75, 3.05) is 12.4 Å². The summed E-state index contributed by atoms with van der Waals surface area (Å²) >= 11 is 5.76. The van der Waals surface area contributed by atoms with Crippen molar-refractivity contribution >= 4 is 23.2 Å². The fourth-order valence-electron chi connectivity index (χ4n) is 2.73. The molecule has 26 heavy (non-hydrogen) atoms. The van der Waals surface area contributed by atoms with E-state index in [9.17, 15) is 4.79 Å². The van der Waals surface area contributed by atoms with Crippen molar-refractivity contribution in [3.63, 3.8) is 0 Å². The van der Waals surface area contributed by atoms with Crippen molar-refractivity contribution in [2.24, 2.45) is 0 Å². The van der Waals surface area contributed by atoms with E-state index in [0.717, 1.165) is 18.7 Å². The molecule has 132 valence electrons. The number of nitrogens with zero attached hydrogens (tertiary/aromatic N) is 2. The van der Waals surface area contributed by atoms with Crippen LogP contribution in [0.1, 0.15) is 21.5 Å². The zero-order valence-electron chi connectivity index (χ0n) is 14.5. The average molecular weight is 366 g/mol. The summed E-state index contributed by atoms with van der Waals surface area (Å²) in [6, 6.07) is 21.3. The molecule has 0 spiro atoms. The molecule has 1 amide bonds. The first-order valence-corrected chi connectivity index (χ1v) is 8.72. The van der Waals surface area contributed by atoms with Crippen molar-refractivity contribution < 1.29 is 4.79 Å². The molecule has 0 bridgehead atoms. The van der Waals surface area contributed by atoms with E-state index in [1.54, 1.807) is 18.2 Å². The number of halogens is 1. The molecule has 0 atom stereocenters. The quantitative estimate of drug-likeness (QED) is 0.648. The first-order valence-electron chi connectivity index (χ1n) is 8.34. The van der Waals surface area contributed by atoms with Gasteiger partial charge in [-0.15, -0.1) is 0 Å². The molecule has 0 saturated carbocycles. The van der Waals surface area contributed by atoms with Gasteiger partial charge in [0.1, 0.15) is 5.15 Å². The lowest BCUT2D eigenvalue weighted by Crippen LogP contribution is -2.18. The van der Waals surface area contributed by atoms with Crippen LogP contribution >= 0.6 is 11.6 Å². The second-order valence-electron chi connectivity index (χ2n) is 6.18. The van der Waals surface area contributed by atoms with Gasteiger partial charge in [-0.3, -0.25) is 9.69 Å². The molecule has 4 nitrogen and oxygen atoms in total. The van der Waals surface area contributed by atoms with E-state index < -0.39 is 0 Å². The molecule has 0 saturated heterocycles. The zero-order valence-corrected chi connectivity index (χ0v) is 15.3. The number of benzene rings is 2. The number of pyridine rings is 1. The lowest BCUT2D eigenvalue weighted by molar-refractivity contribution is 0.102. The number of amides is 1. The molecule has 1 aromatic heterocycles. The lowest BCUT2D eigenvalue weighted by atomic mass is 10.1. The molecule has 0 aliphatic carbocycles. The Hall–Kier alpha value is -2.69. The van der Waals surface area contributed by atoms with Crippen LogP contribution in [0.25, 0.3) is 0 Å². The van der Waals surface area contributed by atoms with Crippen LogP contribution in [0.2, 0.25) is 5.15 Å². The van der Waals surface area contributed by atoms with Crippen molar-refractivity contribution in [2.45, 2.75) is 13.1 Å². The van der Waals surface area contributed by atoms with Gasteiger partial charge < -0.3 is 5.32 Å². The van der Waals surface area contributed by atoms with E-state index in [-0.39, 0.29) is 5.91 Å². The topological polar surface area (TPSA) is 45.2 Å². The number of carbonyl (C=O) groups is 1. The molecule has 0 aliphatic rings. The molecule has 0 fully saturated rings. The van der Waals surface area contributed by atoms with Crippen LogP contribution in [-0.4, -0.2) is 22.8 Å². The summed E-state index contributed by atoms with van der Waals surface area (Å²) in [5, 5.41) is 3.23. The van der Waals surface area contributed by atoms with Gasteiger partial charge in [-0.25, -0.2) is 4.98 Å². The number of hydrogen-bond acceptors (Lipinski definition) is 3. The number of carbonyl (C=O) groups excluding carboxylic acids is 1. The Labute approximate surface area is 158 Å². The van der Waals surface area contributed by atoms with E-state index in [1.807, 2.05) is 36.4 Å². The van der Waals surface area contributed by atoms with Crippen molar-refractivity contribution in [3.8, 4) is 0 Å². The van der Waals surface area contributed by atoms with E-state index in [1.165, 1.54) is 11.8 Å². The molecule has 5 heteroatoms. The number of hydrogen-bond donors (Lipinski definition) is 1. The van der Waals surface area contributed by atoms with Crippen molar-refractivity contribution in [3.05, 3.63) is 94.8 Å². The van der Waals surface area contributed by atoms with Gasteiger partial charge in [0, 0.05) is 18.7 Å². The maximum absolute atomic E-state index is 12.4. The molecule has 3 aromatic rings. The van der Waals surface area contributed by atoms with Gasteiger partial charge in [-0.2, -0.15) is 0 Å². The van der Waals surface area contributed by atoms with Gasteiger partial charge in [-0.05, 0) is 42.4 Å². The van der Waals surface area contributed by atoms with Crippen LogP contribution < -0.4 is 5.32 Å². The molecule has 1 heterocycles. The summed E-state index contributed by atoms with van der Waals surface area (Å²) < 4.78 is 0. The van der Waals surface area contributed by atoms with E-state index in [2.05, 4.69) is 34.4 Å². The van der Waals surface area contributed by atoms with Gasteiger partial charge >= 0.3 is 0 Å². The Morgan fingerprint density at radius 1 is 1.00 bits per heavy atom. The molecule has 2 aromatic carbocycles. The first-order chi connectivity index (χ1) is 12.6. The highest BCUT2D eigenvalue weighted by molar-refractivity contribution is 6.29. The SMILES string of the molecule is CN(Cc1ccccc1)Cc1cccc(C(=O)Nc2ccc(Cl)nc2)c1. The molecular formula is C21H20ClN3O. The highest BCUT2D eigenvalue weighted by Crippen LogP contribution is 2.14. The maximum atomic E-state index is 12.4. The highest BCUT2D eigenvalue weighted by Gasteiger charge is 2.08. The minimum Gasteiger partial charge on any atom is -0.321 e. The first kappa shape index (κ1) is 18.1. The number of aromatic nitrogens is 1. The third-order valence-electron chi connectivity index (χ3n) is 3.92. The highest BCUT2D eigenvalue weighted by atomic mass is 35.5. The van der Waals surface area contributed by atoms with Crippen LogP contribution in [0, 0.1) is 0 Å². The van der Waals surface area contributed by atoms with Gasteiger partial charge in [-0.1, -0.05) is 54.1 Å². The predicted molar refractivity (Wildman–Crippen MR) is 105 cm³/mol. The van der Waals surface area contributed by atoms with Crippen LogP contribution in [0.15, 0.2) is 72.9 Å². The fourth-order valence-corrected chi connectivity index (χ4v) is 2.84. The average Bonchev–Trinajstić information content (AvgIpc) is 2.64. The second kappa shape index (κ2) is 8.61. The minimum atomic E-state index is -0.165. The smallest absolute Gasteiger partial charge is 0.255 e. The second-order valence-corrected chi connectivity index (χ2v) is 6.57. The Morgan fingerprint density at radius 3 is 2.46 bits per heavy atom.